The summed E-state index contributed by atoms with van der Waals surface area (Å²) < 4.78 is 26.6. The summed E-state index contributed by atoms with van der Waals surface area (Å²) in [4.78, 5) is 27.6. The quantitative estimate of drug-likeness (QED) is 0.169. The first-order chi connectivity index (χ1) is 25.5. The van der Waals surface area contributed by atoms with E-state index in [1.54, 1.807) is 20.1 Å². The number of aliphatic hydroxyl groups excluding tert-OH is 2. The van der Waals surface area contributed by atoms with E-state index in [1.807, 2.05) is 6.92 Å². The van der Waals surface area contributed by atoms with Crippen molar-refractivity contribution in [3.05, 3.63) is 34.4 Å². The van der Waals surface area contributed by atoms with Crippen LogP contribution in [0, 0.1) is 53.3 Å². The second-order valence-electron chi connectivity index (χ2n) is 17.9. The van der Waals surface area contributed by atoms with Crippen LogP contribution >= 0.6 is 0 Å². The number of quaternary nitrogens is 1. The summed E-state index contributed by atoms with van der Waals surface area (Å²) in [6.07, 6.45) is 6.34. The minimum Gasteiger partial charge on any atom is -0.456 e. The average Bonchev–Trinajstić information content (AvgIpc) is 3.37. The number of fused-ring (bicyclic) bond motifs is 7. The fourth-order valence-electron chi connectivity index (χ4n) is 12.4. The van der Waals surface area contributed by atoms with Gasteiger partial charge in [-0.15, -0.1) is 0 Å². The Labute approximate surface area is 313 Å². The first kappa shape index (κ1) is 37.9. The van der Waals surface area contributed by atoms with Crippen molar-refractivity contribution in [2.45, 2.75) is 121 Å². The summed E-state index contributed by atoms with van der Waals surface area (Å²) in [6.45, 7) is 7.84. The molecule has 9 N–H and O–H groups in total. The van der Waals surface area contributed by atoms with Gasteiger partial charge in [-0.05, 0) is 88.8 Å². The third kappa shape index (κ3) is 6.42. The highest BCUT2D eigenvalue weighted by molar-refractivity contribution is 5.88. The van der Waals surface area contributed by atoms with Crippen LogP contribution in [0.5, 0.6) is 0 Å². The number of aliphatic hydroxyl groups is 2. The van der Waals surface area contributed by atoms with E-state index >= 15 is 0 Å². The van der Waals surface area contributed by atoms with Gasteiger partial charge >= 0.3 is 5.97 Å². The van der Waals surface area contributed by atoms with E-state index in [1.165, 1.54) is 16.7 Å². The number of carbonyl (C=O) groups is 2. The van der Waals surface area contributed by atoms with Gasteiger partial charge in [0.15, 0.2) is 0 Å². The third-order valence-electron chi connectivity index (χ3n) is 15.2. The van der Waals surface area contributed by atoms with E-state index in [0.29, 0.717) is 36.9 Å². The molecule has 53 heavy (non-hydrogen) atoms. The van der Waals surface area contributed by atoms with E-state index < -0.39 is 53.9 Å². The summed E-state index contributed by atoms with van der Waals surface area (Å²) in [5, 5.41) is 28.4. The molecule has 2 bridgehead atoms. The van der Waals surface area contributed by atoms with Crippen LogP contribution in [0.2, 0.25) is 0 Å². The van der Waals surface area contributed by atoms with Crippen LogP contribution in [0.3, 0.4) is 0 Å². The highest BCUT2D eigenvalue weighted by Gasteiger charge is 2.65. The van der Waals surface area contributed by atoms with Gasteiger partial charge < -0.3 is 45.5 Å². The van der Waals surface area contributed by atoms with Gasteiger partial charge in [0.05, 0.1) is 49.7 Å². The van der Waals surface area contributed by atoms with Crippen molar-refractivity contribution in [2.24, 2.45) is 64.7 Å². The highest BCUT2D eigenvalue weighted by Crippen LogP contribution is 2.60. The number of carbonyl (C=O) groups excluding carboxylic acids is 2. The number of allylic oxidation sites excluding steroid dienone is 3. The Morgan fingerprint density at radius 3 is 2.68 bits per heavy atom. The molecule has 12 heteroatoms. The number of hydrogen-bond acceptors (Lipinski definition) is 11. The van der Waals surface area contributed by atoms with Gasteiger partial charge in [-0.2, -0.15) is 0 Å². The number of hydrogen-bond donors (Lipinski definition) is 6. The molecule has 12 nitrogen and oxygen atoms in total. The molecular formula is C41H63N4O8+. The fourth-order valence-corrected chi connectivity index (χ4v) is 12.4. The molecule has 5 saturated heterocycles. The van der Waals surface area contributed by atoms with Crippen LogP contribution in [-0.4, -0.2) is 104 Å². The van der Waals surface area contributed by atoms with Gasteiger partial charge in [-0.1, -0.05) is 17.7 Å². The van der Waals surface area contributed by atoms with E-state index in [4.69, 9.17) is 30.4 Å². The molecule has 1 saturated carbocycles. The van der Waals surface area contributed by atoms with E-state index in [2.05, 4.69) is 23.6 Å². The zero-order chi connectivity index (χ0) is 37.3. The van der Waals surface area contributed by atoms with E-state index in [0.717, 1.165) is 45.2 Å². The molecule has 8 rings (SSSR count). The topological polar surface area (TPSA) is 192 Å². The molecule has 0 spiro atoms. The molecule has 17 unspecified atom stereocenters. The highest BCUT2D eigenvalue weighted by atomic mass is 16.6. The standard InChI is InChI=1S/C41H62N4O8/c1-5-19(2)40(49)52-31-16-27-36(48)35-30(47)15-24(18-46)51-38(35)28-11-21-6-8-44-39(43)33(21)26-10-20(7-9-50-4)25-12-22-14-32(42)45-17-23(22)13-29(34(25)26)41(31,3)53-37(27)28/h5,10,20-24,27-29,31-33,35-39,44-46,48H,6-9,11-18,42-43H2,1-4H3/p+1. The average molecular weight is 740 g/mol. The number of nitrogens with one attached hydrogen (secondary N) is 1. The van der Waals surface area contributed by atoms with Crippen molar-refractivity contribution in [2.75, 3.05) is 33.4 Å². The van der Waals surface area contributed by atoms with Gasteiger partial charge in [0, 0.05) is 67.6 Å². The number of nitrogens with two attached hydrogens (primary N) is 3. The second-order valence-corrected chi connectivity index (χ2v) is 17.9. The maximum absolute atomic E-state index is 13.9. The zero-order valence-corrected chi connectivity index (χ0v) is 32.0. The Kier molecular flexibility index (Phi) is 10.6. The van der Waals surface area contributed by atoms with E-state index in [9.17, 15) is 19.8 Å². The molecule has 5 aliphatic heterocycles. The molecule has 0 aromatic carbocycles. The lowest BCUT2D eigenvalue weighted by molar-refractivity contribution is -0.706. The molecule has 6 fully saturated rings. The minimum atomic E-state index is -1.03. The van der Waals surface area contributed by atoms with Crippen molar-refractivity contribution in [1.82, 2.24) is 5.32 Å². The number of ketones is 1. The number of esters is 1. The third-order valence-corrected chi connectivity index (χ3v) is 15.2. The van der Waals surface area contributed by atoms with Crippen LogP contribution in [0.1, 0.15) is 72.1 Å². The van der Waals surface area contributed by atoms with E-state index in [-0.39, 0.29) is 60.7 Å². The Balaban J connectivity index is 1.33. The summed E-state index contributed by atoms with van der Waals surface area (Å²) >= 11 is 0. The molecule has 0 amide bonds. The molecule has 294 valence electrons. The molecular weight excluding hydrogens is 676 g/mol. The fraction of sp³-hybridized carbons (Fsp3) is 0.805. The molecule has 5 heterocycles. The SMILES string of the molecule is CC=C(C)C(=O)OC1CC2C(O)C3C(=O)CC(CO)OC3C3CC4CCNC(N)C4C4=CC(CCOC)C5=C4C(CC4C[NH2+]C(N)CC4C5)C1(C)OC23. The number of ether oxygens (including phenoxy) is 4. The van der Waals surface area contributed by atoms with Gasteiger partial charge in [-0.25, -0.2) is 4.79 Å². The summed E-state index contributed by atoms with van der Waals surface area (Å²) in [5.74, 6) is -0.853. The van der Waals surface area contributed by atoms with Crippen molar-refractivity contribution in [3.63, 3.8) is 0 Å². The van der Waals surface area contributed by atoms with Gasteiger partial charge in [-0.3, -0.25) is 10.5 Å². The number of methoxy groups -OCH3 is 1. The Morgan fingerprint density at radius 2 is 1.92 bits per heavy atom. The van der Waals surface area contributed by atoms with Gasteiger partial charge in [0.2, 0.25) is 0 Å². The first-order valence-electron chi connectivity index (χ1n) is 20.5. The van der Waals surface area contributed by atoms with Crippen LogP contribution in [0.4, 0.5) is 0 Å². The molecule has 0 radical (unpaired) electrons. The maximum atomic E-state index is 13.9. The lowest BCUT2D eigenvalue weighted by atomic mass is 9.57. The van der Waals surface area contributed by atoms with Crippen LogP contribution in [-0.2, 0) is 28.5 Å². The number of rotatable bonds is 6. The predicted molar refractivity (Wildman–Crippen MR) is 195 cm³/mol. The molecule has 17 atom stereocenters. The molecule has 0 aromatic rings. The largest absolute Gasteiger partial charge is 0.456 e. The van der Waals surface area contributed by atoms with Gasteiger partial charge in [0.25, 0.3) is 0 Å². The lowest BCUT2D eigenvalue weighted by Gasteiger charge is -2.61. The Hall–Kier alpha value is -2.00. The van der Waals surface area contributed by atoms with Crippen molar-refractivity contribution < 1.29 is 44.1 Å². The Bertz CT molecular complexity index is 1530. The van der Waals surface area contributed by atoms with Crippen LogP contribution in [0.25, 0.3) is 0 Å². The summed E-state index contributed by atoms with van der Waals surface area (Å²) in [5.41, 5.74) is 17.4. The maximum Gasteiger partial charge on any atom is 0.333 e. The van der Waals surface area contributed by atoms with Crippen molar-refractivity contribution in [1.29, 1.82) is 0 Å². The first-order valence-corrected chi connectivity index (χ1v) is 20.5. The minimum absolute atomic E-state index is 0.00289. The van der Waals surface area contributed by atoms with Gasteiger partial charge in [0.1, 0.15) is 23.7 Å². The van der Waals surface area contributed by atoms with Crippen LogP contribution < -0.4 is 22.1 Å². The zero-order valence-electron chi connectivity index (χ0n) is 32.0. The molecule has 3 aliphatic carbocycles. The molecule has 8 aliphatic rings. The predicted octanol–water partition coefficient (Wildman–Crippen LogP) is 1.05. The number of piperidine rings is 2. The summed E-state index contributed by atoms with van der Waals surface area (Å²) in [7, 11) is 1.76. The summed E-state index contributed by atoms with van der Waals surface area (Å²) in [6, 6.07) is 0. The second kappa shape index (κ2) is 14.8. The molecule has 0 aromatic heterocycles. The van der Waals surface area contributed by atoms with Crippen LogP contribution in [0.15, 0.2) is 34.4 Å². The monoisotopic (exact) mass is 739 g/mol. The van der Waals surface area contributed by atoms with Crippen molar-refractivity contribution >= 4 is 11.8 Å². The smallest absolute Gasteiger partial charge is 0.333 e. The van der Waals surface area contributed by atoms with Crippen molar-refractivity contribution in [3.8, 4) is 0 Å². The number of Topliss-reactive ketones (excluding diaryl/α,β-unsaturated/α-hetero) is 1. The Morgan fingerprint density at radius 1 is 1.11 bits per heavy atom. The lowest BCUT2D eigenvalue weighted by Crippen LogP contribution is -2.96. The normalized spacial score (nSPS) is 48.0.